The van der Waals surface area contributed by atoms with Gasteiger partial charge in [-0.2, -0.15) is 0 Å². The number of amides is 1. The summed E-state index contributed by atoms with van der Waals surface area (Å²) < 4.78 is 28.1. The number of aromatic nitrogens is 3. The maximum absolute atomic E-state index is 14.2. The highest BCUT2D eigenvalue weighted by Crippen LogP contribution is 2.31. The molecule has 0 bridgehead atoms. The quantitative estimate of drug-likeness (QED) is 0.230. The van der Waals surface area contributed by atoms with Crippen molar-refractivity contribution in [1.29, 1.82) is 0 Å². The zero-order valence-corrected chi connectivity index (χ0v) is 24.8. The molecule has 0 saturated carbocycles. The minimum Gasteiger partial charge on any atom is -0.473 e. The first-order valence-electron chi connectivity index (χ1n) is 15.2. The third-order valence-corrected chi connectivity index (χ3v) is 9.12. The van der Waals surface area contributed by atoms with Crippen molar-refractivity contribution in [3.63, 3.8) is 0 Å². The first-order chi connectivity index (χ1) is 21.0. The Bertz CT molecular complexity index is 1630. The van der Waals surface area contributed by atoms with Crippen LogP contribution in [0.2, 0.25) is 5.02 Å². The zero-order chi connectivity index (χ0) is 29.3. The molecule has 0 unspecified atom stereocenters. The van der Waals surface area contributed by atoms with Gasteiger partial charge in [-0.15, -0.1) is 0 Å². The van der Waals surface area contributed by atoms with Gasteiger partial charge in [0.05, 0.1) is 30.2 Å². The van der Waals surface area contributed by atoms with Crippen molar-refractivity contribution in [1.82, 2.24) is 19.4 Å². The first kappa shape index (κ1) is 28.3. The molecule has 4 aromatic rings. The maximum atomic E-state index is 14.2. The molecule has 5 heterocycles. The molecular formula is C33H35ClFN5O3. The van der Waals surface area contributed by atoms with Gasteiger partial charge in [0.2, 0.25) is 11.8 Å². The Labute approximate surface area is 255 Å². The topological polar surface area (TPSA) is 72.7 Å². The van der Waals surface area contributed by atoms with Crippen LogP contribution in [0.5, 0.6) is 5.88 Å². The van der Waals surface area contributed by atoms with Gasteiger partial charge in [0, 0.05) is 53.5 Å². The van der Waals surface area contributed by atoms with Crippen LogP contribution in [0.15, 0.2) is 54.6 Å². The summed E-state index contributed by atoms with van der Waals surface area (Å²) in [6.07, 6.45) is 4.77. The molecule has 0 radical (unpaired) electrons. The summed E-state index contributed by atoms with van der Waals surface area (Å²) in [6.45, 7) is 5.11. The second kappa shape index (κ2) is 12.2. The number of imidazole rings is 1. The van der Waals surface area contributed by atoms with E-state index in [2.05, 4.69) is 33.7 Å². The van der Waals surface area contributed by atoms with Crippen LogP contribution in [0.1, 0.15) is 55.1 Å². The van der Waals surface area contributed by atoms with Crippen molar-refractivity contribution in [2.24, 2.45) is 0 Å². The van der Waals surface area contributed by atoms with Gasteiger partial charge in [0.1, 0.15) is 18.2 Å². The fraction of sp³-hybridized carbons (Fsp3) is 0.424. The fourth-order valence-corrected chi connectivity index (χ4v) is 6.49. The highest BCUT2D eigenvalue weighted by Gasteiger charge is 2.27. The number of benzene rings is 2. The molecule has 1 atom stereocenters. The van der Waals surface area contributed by atoms with E-state index >= 15 is 0 Å². The number of piperidine rings is 1. The first-order valence-corrected chi connectivity index (χ1v) is 15.5. The summed E-state index contributed by atoms with van der Waals surface area (Å²) in [5.74, 6) is 1.67. The van der Waals surface area contributed by atoms with Crippen LogP contribution in [0, 0.1) is 5.82 Å². The van der Waals surface area contributed by atoms with E-state index in [1.54, 1.807) is 12.1 Å². The van der Waals surface area contributed by atoms with Crippen LogP contribution < -0.4 is 9.64 Å². The number of anilines is 1. The van der Waals surface area contributed by atoms with Crippen molar-refractivity contribution in [3.05, 3.63) is 82.5 Å². The molecular weight excluding hydrogens is 569 g/mol. The second-order valence-electron chi connectivity index (χ2n) is 11.7. The molecule has 224 valence electrons. The lowest BCUT2D eigenvalue weighted by Gasteiger charge is -2.32. The number of fused-ring (bicyclic) bond motifs is 1. The lowest BCUT2D eigenvalue weighted by molar-refractivity contribution is -0.117. The summed E-state index contributed by atoms with van der Waals surface area (Å²) in [6, 6.07) is 16.6. The van der Waals surface area contributed by atoms with E-state index in [1.165, 1.54) is 6.07 Å². The Morgan fingerprint density at radius 2 is 1.88 bits per heavy atom. The Hall–Kier alpha value is -3.53. The molecule has 3 aliphatic rings. The predicted octanol–water partition coefficient (Wildman–Crippen LogP) is 6.10. The van der Waals surface area contributed by atoms with E-state index in [0.717, 1.165) is 93.3 Å². The van der Waals surface area contributed by atoms with Crippen LogP contribution in [0.25, 0.3) is 11.0 Å². The lowest BCUT2D eigenvalue weighted by atomic mass is 9.93. The van der Waals surface area contributed by atoms with Gasteiger partial charge in [-0.05, 0) is 75.2 Å². The van der Waals surface area contributed by atoms with E-state index in [9.17, 15) is 9.18 Å². The summed E-state index contributed by atoms with van der Waals surface area (Å²) >= 11 is 5.87. The molecule has 8 nitrogen and oxygen atoms in total. The Morgan fingerprint density at radius 3 is 2.63 bits per heavy atom. The largest absolute Gasteiger partial charge is 0.473 e. The molecule has 7 rings (SSSR count). The Morgan fingerprint density at radius 1 is 1.02 bits per heavy atom. The Balaban J connectivity index is 1.02. The van der Waals surface area contributed by atoms with Gasteiger partial charge in [-0.3, -0.25) is 9.69 Å². The van der Waals surface area contributed by atoms with Gasteiger partial charge in [-0.1, -0.05) is 23.7 Å². The number of carbonyl (C=O) groups is 1. The average molecular weight is 604 g/mol. The van der Waals surface area contributed by atoms with Gasteiger partial charge in [-0.25, -0.2) is 14.4 Å². The van der Waals surface area contributed by atoms with Crippen LogP contribution in [0.3, 0.4) is 0 Å². The van der Waals surface area contributed by atoms with Crippen LogP contribution in [-0.2, 0) is 29.2 Å². The van der Waals surface area contributed by atoms with E-state index < -0.39 is 0 Å². The molecule has 43 heavy (non-hydrogen) atoms. The van der Waals surface area contributed by atoms with E-state index in [-0.39, 0.29) is 24.4 Å². The van der Waals surface area contributed by atoms with Crippen molar-refractivity contribution in [2.75, 3.05) is 31.1 Å². The van der Waals surface area contributed by atoms with Gasteiger partial charge < -0.3 is 18.9 Å². The highest BCUT2D eigenvalue weighted by molar-refractivity contribution is 6.30. The molecule has 0 N–H and O–H groups in total. The van der Waals surface area contributed by atoms with E-state index in [4.69, 9.17) is 31.0 Å². The fourth-order valence-electron chi connectivity index (χ4n) is 6.33. The predicted molar refractivity (Wildman–Crippen MR) is 163 cm³/mol. The number of nitrogens with zero attached hydrogens (tertiary/aromatic N) is 5. The maximum Gasteiger partial charge on any atom is 0.227 e. The smallest absolute Gasteiger partial charge is 0.227 e. The van der Waals surface area contributed by atoms with Gasteiger partial charge >= 0.3 is 0 Å². The minimum atomic E-state index is -0.382. The van der Waals surface area contributed by atoms with Crippen LogP contribution in [0.4, 0.5) is 10.1 Å². The summed E-state index contributed by atoms with van der Waals surface area (Å²) in [7, 11) is 0. The average Bonchev–Trinajstić information content (AvgIpc) is 3.57. The number of likely N-dealkylation sites (tertiary alicyclic amines) is 1. The molecule has 3 aliphatic heterocycles. The summed E-state index contributed by atoms with van der Waals surface area (Å²) in [5.41, 5.74) is 4.41. The molecule has 10 heteroatoms. The molecule has 1 amide bonds. The van der Waals surface area contributed by atoms with Crippen molar-refractivity contribution >= 4 is 34.2 Å². The van der Waals surface area contributed by atoms with Crippen molar-refractivity contribution in [2.45, 2.75) is 63.8 Å². The summed E-state index contributed by atoms with van der Waals surface area (Å²) in [4.78, 5) is 26.5. The molecule has 3 fully saturated rings. The van der Waals surface area contributed by atoms with Crippen molar-refractivity contribution in [3.8, 4) is 5.88 Å². The van der Waals surface area contributed by atoms with E-state index in [0.29, 0.717) is 28.8 Å². The molecule has 2 aromatic carbocycles. The summed E-state index contributed by atoms with van der Waals surface area (Å²) in [5, 5.41) is 0.363. The zero-order valence-electron chi connectivity index (χ0n) is 24.1. The molecule has 0 aliphatic carbocycles. The number of hydrogen-bond acceptors (Lipinski definition) is 6. The standard InChI is InChI=1S/C33H35ClFN5O3/c34-24-7-6-23(27(35)17-24)21-43-32-4-1-3-28(37-32)22-10-14-38(15-11-22)20-31-36-29-18-25(39-13-2-5-33(39)41)8-9-30(29)40(31)19-26-12-16-42-26/h1,3-4,6-9,17-18,22,26H,2,5,10-16,19-21H2/t26-/m0/s1. The van der Waals surface area contributed by atoms with Crippen molar-refractivity contribution < 1.29 is 18.7 Å². The third-order valence-electron chi connectivity index (χ3n) is 8.88. The van der Waals surface area contributed by atoms with Crippen LogP contribution >= 0.6 is 11.6 Å². The van der Waals surface area contributed by atoms with E-state index in [1.807, 2.05) is 17.0 Å². The number of pyridine rings is 1. The lowest BCUT2D eigenvalue weighted by Crippen LogP contribution is -2.35. The van der Waals surface area contributed by atoms with Gasteiger partial charge in [0.25, 0.3) is 0 Å². The minimum absolute atomic E-state index is 0.0978. The molecule has 0 spiro atoms. The SMILES string of the molecule is O=C1CCCN1c1ccc2c(c1)nc(CN1CCC(c3cccc(OCc4ccc(Cl)cc4F)n3)CC1)n2C[C@@H]1CCO1. The normalized spacial score (nSPS) is 19.7. The second-order valence-corrected chi connectivity index (χ2v) is 12.2. The number of carbonyl (C=O) groups excluding carboxylic acids is 1. The molecule has 2 aromatic heterocycles. The van der Waals surface area contributed by atoms with Gasteiger partial charge in [0.15, 0.2) is 0 Å². The number of ether oxygens (including phenoxy) is 2. The highest BCUT2D eigenvalue weighted by atomic mass is 35.5. The van der Waals surface area contributed by atoms with Crippen LogP contribution in [-0.4, -0.2) is 57.7 Å². The Kier molecular flexibility index (Phi) is 8.03. The monoisotopic (exact) mass is 603 g/mol. The number of rotatable bonds is 9. The number of halogens is 2. The number of hydrogen-bond donors (Lipinski definition) is 0. The third kappa shape index (κ3) is 6.12. The molecule has 3 saturated heterocycles.